The summed E-state index contributed by atoms with van der Waals surface area (Å²) < 4.78 is 7.94. The molecule has 0 saturated carbocycles. The highest BCUT2D eigenvalue weighted by molar-refractivity contribution is 9.10. The van der Waals surface area contributed by atoms with Crippen LogP contribution in [0.4, 0.5) is 0 Å². The minimum absolute atomic E-state index is 0.197. The Balaban J connectivity index is 2.48. The van der Waals surface area contributed by atoms with Gasteiger partial charge in [-0.1, -0.05) is 18.2 Å². The fraction of sp³-hybridized carbons (Fsp3) is 0.353. The Morgan fingerprint density at radius 1 is 1.18 bits per heavy atom. The van der Waals surface area contributed by atoms with Crippen LogP contribution in [0.1, 0.15) is 25.0 Å². The standard InChI is InChI=1S/C17H20BrNO3/c1-11-6-5-7-12(2)14(11)22-15-13(18)8-9-19(16(15)20)10-17(3,4)21/h5-9,21H,10H2,1-4H3. The smallest absolute Gasteiger partial charge is 0.294 e. The minimum Gasteiger partial charge on any atom is -0.450 e. The zero-order valence-corrected chi connectivity index (χ0v) is 14.8. The molecule has 118 valence electrons. The first-order valence-electron chi connectivity index (χ1n) is 7.04. The van der Waals surface area contributed by atoms with Crippen molar-refractivity contribution in [1.82, 2.24) is 4.57 Å². The van der Waals surface area contributed by atoms with Crippen LogP contribution in [0, 0.1) is 13.8 Å². The summed E-state index contributed by atoms with van der Waals surface area (Å²) in [7, 11) is 0. The molecule has 0 fully saturated rings. The molecule has 2 rings (SSSR count). The van der Waals surface area contributed by atoms with Gasteiger partial charge in [0.15, 0.2) is 0 Å². The number of aryl methyl sites for hydroxylation is 2. The molecule has 0 radical (unpaired) electrons. The topological polar surface area (TPSA) is 51.5 Å². The van der Waals surface area contributed by atoms with Gasteiger partial charge >= 0.3 is 0 Å². The Kier molecular flexibility index (Phi) is 4.78. The molecule has 2 aromatic rings. The zero-order chi connectivity index (χ0) is 16.5. The van der Waals surface area contributed by atoms with E-state index < -0.39 is 5.60 Å². The number of hydrogen-bond acceptors (Lipinski definition) is 3. The SMILES string of the molecule is Cc1cccc(C)c1Oc1c(Br)ccn(CC(C)(C)O)c1=O. The van der Waals surface area contributed by atoms with Crippen molar-refractivity contribution in [3.63, 3.8) is 0 Å². The first kappa shape index (κ1) is 16.8. The lowest BCUT2D eigenvalue weighted by atomic mass is 10.1. The average molecular weight is 366 g/mol. The Bertz CT molecular complexity index is 724. The number of benzene rings is 1. The highest BCUT2D eigenvalue weighted by Crippen LogP contribution is 2.30. The Morgan fingerprint density at radius 2 is 1.77 bits per heavy atom. The summed E-state index contributed by atoms with van der Waals surface area (Å²) in [6.07, 6.45) is 1.64. The Hall–Kier alpha value is -1.59. The first-order chi connectivity index (χ1) is 10.2. The third kappa shape index (κ3) is 3.78. The normalized spacial score (nSPS) is 11.5. The molecule has 0 unspecified atom stereocenters. The number of aliphatic hydroxyl groups is 1. The molecule has 4 nitrogen and oxygen atoms in total. The van der Waals surface area contributed by atoms with Crippen LogP contribution in [0.25, 0.3) is 0 Å². The van der Waals surface area contributed by atoms with Gasteiger partial charge in [-0.2, -0.15) is 0 Å². The summed E-state index contributed by atoms with van der Waals surface area (Å²) in [5, 5.41) is 9.92. The van der Waals surface area contributed by atoms with Gasteiger partial charge in [0, 0.05) is 6.20 Å². The average Bonchev–Trinajstić information content (AvgIpc) is 2.39. The van der Waals surface area contributed by atoms with E-state index in [1.165, 1.54) is 4.57 Å². The van der Waals surface area contributed by atoms with Crippen LogP contribution in [0.15, 0.2) is 39.7 Å². The van der Waals surface area contributed by atoms with E-state index >= 15 is 0 Å². The molecule has 0 aliphatic heterocycles. The lowest BCUT2D eigenvalue weighted by molar-refractivity contribution is 0.0602. The number of pyridine rings is 1. The van der Waals surface area contributed by atoms with E-state index in [1.54, 1.807) is 26.1 Å². The van der Waals surface area contributed by atoms with Crippen molar-refractivity contribution in [1.29, 1.82) is 0 Å². The molecule has 5 heteroatoms. The fourth-order valence-corrected chi connectivity index (χ4v) is 2.60. The molecule has 0 aliphatic carbocycles. The lowest BCUT2D eigenvalue weighted by Gasteiger charge is -2.20. The summed E-state index contributed by atoms with van der Waals surface area (Å²) in [5.74, 6) is 0.908. The first-order valence-corrected chi connectivity index (χ1v) is 7.84. The van der Waals surface area contributed by atoms with E-state index in [4.69, 9.17) is 4.74 Å². The number of ether oxygens (including phenoxy) is 1. The number of aromatic nitrogens is 1. The molecule has 1 heterocycles. The summed E-state index contributed by atoms with van der Waals surface area (Å²) in [4.78, 5) is 12.6. The molecule has 1 aromatic carbocycles. The largest absolute Gasteiger partial charge is 0.450 e. The molecular formula is C17H20BrNO3. The second kappa shape index (κ2) is 6.26. The van der Waals surface area contributed by atoms with Gasteiger partial charge in [-0.05, 0) is 60.8 Å². The molecular weight excluding hydrogens is 346 g/mol. The minimum atomic E-state index is -0.979. The van der Waals surface area contributed by atoms with Gasteiger partial charge in [-0.25, -0.2) is 0 Å². The van der Waals surface area contributed by atoms with Crippen LogP contribution in [0.5, 0.6) is 11.5 Å². The monoisotopic (exact) mass is 365 g/mol. The van der Waals surface area contributed by atoms with E-state index in [2.05, 4.69) is 15.9 Å². The van der Waals surface area contributed by atoms with E-state index in [-0.39, 0.29) is 17.9 Å². The van der Waals surface area contributed by atoms with Crippen molar-refractivity contribution < 1.29 is 9.84 Å². The Morgan fingerprint density at radius 3 is 2.32 bits per heavy atom. The molecule has 0 bridgehead atoms. The lowest BCUT2D eigenvalue weighted by Crippen LogP contribution is -2.32. The van der Waals surface area contributed by atoms with E-state index in [1.807, 2.05) is 32.0 Å². The van der Waals surface area contributed by atoms with Crippen LogP contribution in [-0.4, -0.2) is 15.3 Å². The number of para-hydroxylation sites is 1. The van der Waals surface area contributed by atoms with Crippen molar-refractivity contribution >= 4 is 15.9 Å². The highest BCUT2D eigenvalue weighted by Gasteiger charge is 2.18. The molecule has 0 amide bonds. The summed E-state index contributed by atoms with van der Waals surface area (Å²) in [6, 6.07) is 7.57. The van der Waals surface area contributed by atoms with Gasteiger partial charge < -0.3 is 14.4 Å². The van der Waals surface area contributed by atoms with Gasteiger partial charge in [-0.15, -0.1) is 0 Å². The third-order valence-electron chi connectivity index (χ3n) is 3.24. The Labute approximate surface area is 138 Å². The molecule has 0 spiro atoms. The number of halogens is 1. The van der Waals surface area contributed by atoms with Gasteiger partial charge in [0.05, 0.1) is 16.6 Å². The van der Waals surface area contributed by atoms with Gasteiger partial charge in [0.2, 0.25) is 5.75 Å². The maximum Gasteiger partial charge on any atom is 0.294 e. The maximum absolute atomic E-state index is 12.6. The maximum atomic E-state index is 12.6. The van der Waals surface area contributed by atoms with Crippen molar-refractivity contribution in [2.75, 3.05) is 0 Å². The van der Waals surface area contributed by atoms with Crippen LogP contribution in [0.2, 0.25) is 0 Å². The quantitative estimate of drug-likeness (QED) is 0.896. The summed E-state index contributed by atoms with van der Waals surface area (Å²) >= 11 is 3.37. The second-order valence-electron chi connectivity index (χ2n) is 6.06. The van der Waals surface area contributed by atoms with Crippen LogP contribution >= 0.6 is 15.9 Å². The summed E-state index contributed by atoms with van der Waals surface area (Å²) in [5.41, 5.74) is 0.667. The van der Waals surface area contributed by atoms with Crippen molar-refractivity contribution in [3.05, 3.63) is 56.4 Å². The molecule has 22 heavy (non-hydrogen) atoms. The number of hydrogen-bond donors (Lipinski definition) is 1. The van der Waals surface area contributed by atoms with Crippen LogP contribution in [0.3, 0.4) is 0 Å². The molecule has 0 atom stereocenters. The number of nitrogens with zero attached hydrogens (tertiary/aromatic N) is 1. The van der Waals surface area contributed by atoms with Gasteiger partial charge in [0.25, 0.3) is 5.56 Å². The summed E-state index contributed by atoms with van der Waals surface area (Å²) in [6.45, 7) is 7.40. The van der Waals surface area contributed by atoms with Gasteiger partial charge in [0.1, 0.15) is 5.75 Å². The highest BCUT2D eigenvalue weighted by atomic mass is 79.9. The van der Waals surface area contributed by atoms with E-state index in [0.717, 1.165) is 11.1 Å². The van der Waals surface area contributed by atoms with Crippen molar-refractivity contribution in [3.8, 4) is 11.5 Å². The third-order valence-corrected chi connectivity index (χ3v) is 3.87. The fourth-order valence-electron chi connectivity index (χ4n) is 2.23. The molecule has 0 saturated heterocycles. The molecule has 0 aliphatic rings. The predicted molar refractivity (Wildman–Crippen MR) is 90.7 cm³/mol. The van der Waals surface area contributed by atoms with E-state index in [0.29, 0.717) is 10.2 Å². The number of rotatable bonds is 4. The molecule has 1 N–H and O–H groups in total. The van der Waals surface area contributed by atoms with Crippen LogP contribution < -0.4 is 10.3 Å². The van der Waals surface area contributed by atoms with Crippen molar-refractivity contribution in [2.24, 2.45) is 0 Å². The van der Waals surface area contributed by atoms with Crippen LogP contribution in [-0.2, 0) is 6.54 Å². The molecule has 1 aromatic heterocycles. The van der Waals surface area contributed by atoms with Crippen molar-refractivity contribution in [2.45, 2.75) is 39.8 Å². The zero-order valence-electron chi connectivity index (χ0n) is 13.2. The van der Waals surface area contributed by atoms with Gasteiger partial charge in [-0.3, -0.25) is 4.79 Å². The van der Waals surface area contributed by atoms with E-state index in [9.17, 15) is 9.90 Å². The predicted octanol–water partition coefficient (Wildman–Crippen LogP) is 3.79. The second-order valence-corrected chi connectivity index (χ2v) is 6.92.